The summed E-state index contributed by atoms with van der Waals surface area (Å²) in [6.45, 7) is 3.33. The first-order chi connectivity index (χ1) is 15.0. The Morgan fingerprint density at radius 1 is 0.968 bits per heavy atom. The van der Waals surface area contributed by atoms with Crippen LogP contribution in [0, 0.1) is 11.3 Å². The second-order valence-corrected chi connectivity index (χ2v) is 9.93. The average molecular weight is 439 g/mol. The van der Waals surface area contributed by atoms with Crippen LogP contribution in [-0.4, -0.2) is 74.2 Å². The Hall–Kier alpha value is -2.73. The number of nitriles is 1. The van der Waals surface area contributed by atoms with Gasteiger partial charge in [-0.3, -0.25) is 9.69 Å². The van der Waals surface area contributed by atoms with Crippen molar-refractivity contribution in [2.24, 2.45) is 0 Å². The molecule has 1 unspecified atom stereocenters. The zero-order valence-corrected chi connectivity index (χ0v) is 18.2. The van der Waals surface area contributed by atoms with Crippen molar-refractivity contribution >= 4 is 15.9 Å². The molecule has 0 spiro atoms. The summed E-state index contributed by atoms with van der Waals surface area (Å²) in [7, 11) is -3.75. The van der Waals surface area contributed by atoms with Crippen molar-refractivity contribution in [3.8, 4) is 6.07 Å². The summed E-state index contributed by atoms with van der Waals surface area (Å²) in [6, 6.07) is 18.6. The van der Waals surface area contributed by atoms with Gasteiger partial charge in [0, 0.05) is 32.7 Å². The molecule has 0 radical (unpaired) electrons. The molecule has 7 nitrogen and oxygen atoms in total. The Morgan fingerprint density at radius 3 is 2.35 bits per heavy atom. The highest BCUT2D eigenvalue weighted by Crippen LogP contribution is 2.27. The standard InChI is InChI=1S/C23H26N4O3S/c24-16-20-8-4-5-9-22(20)31(29,30)27-14-12-26(13-15-27)23(28)18-25-11-10-21(17-25)19-6-2-1-3-7-19/h1-9,21H,10-15,17-18H2. The zero-order chi connectivity index (χ0) is 21.8. The molecule has 4 rings (SSSR count). The summed E-state index contributed by atoms with van der Waals surface area (Å²) in [4.78, 5) is 16.8. The molecule has 31 heavy (non-hydrogen) atoms. The maximum Gasteiger partial charge on any atom is 0.244 e. The van der Waals surface area contributed by atoms with Crippen LogP contribution in [0.4, 0.5) is 0 Å². The van der Waals surface area contributed by atoms with Crippen molar-refractivity contribution < 1.29 is 13.2 Å². The van der Waals surface area contributed by atoms with Gasteiger partial charge in [0.25, 0.3) is 0 Å². The molecule has 2 saturated heterocycles. The Kier molecular flexibility index (Phi) is 6.37. The fourth-order valence-electron chi connectivity index (χ4n) is 4.37. The number of sulfonamides is 1. The summed E-state index contributed by atoms with van der Waals surface area (Å²) in [5.41, 5.74) is 1.46. The van der Waals surface area contributed by atoms with E-state index in [1.165, 1.54) is 22.0 Å². The van der Waals surface area contributed by atoms with Gasteiger partial charge < -0.3 is 4.90 Å². The van der Waals surface area contributed by atoms with Gasteiger partial charge in [0.05, 0.1) is 17.0 Å². The number of hydrogen-bond acceptors (Lipinski definition) is 5. The van der Waals surface area contributed by atoms with Gasteiger partial charge in [-0.15, -0.1) is 0 Å². The second kappa shape index (κ2) is 9.18. The molecule has 2 aromatic rings. The number of piperazine rings is 1. The smallest absolute Gasteiger partial charge is 0.244 e. The van der Waals surface area contributed by atoms with E-state index < -0.39 is 10.0 Å². The summed E-state index contributed by atoms with van der Waals surface area (Å²) in [5.74, 6) is 0.499. The molecular formula is C23H26N4O3S. The van der Waals surface area contributed by atoms with Gasteiger partial charge in [0.1, 0.15) is 6.07 Å². The average Bonchev–Trinajstić information content (AvgIpc) is 3.28. The molecule has 2 aliphatic heterocycles. The third-order valence-corrected chi connectivity index (χ3v) is 8.08. The molecular weight excluding hydrogens is 412 g/mol. The highest BCUT2D eigenvalue weighted by Gasteiger charge is 2.33. The molecule has 0 saturated carbocycles. The first-order valence-corrected chi connectivity index (χ1v) is 12.0. The fourth-order valence-corrected chi connectivity index (χ4v) is 5.93. The summed E-state index contributed by atoms with van der Waals surface area (Å²) in [5, 5.41) is 9.23. The molecule has 1 amide bonds. The van der Waals surface area contributed by atoms with E-state index in [1.807, 2.05) is 24.3 Å². The van der Waals surface area contributed by atoms with Crippen LogP contribution in [0.3, 0.4) is 0 Å². The van der Waals surface area contributed by atoms with Crippen LogP contribution >= 0.6 is 0 Å². The SMILES string of the molecule is N#Cc1ccccc1S(=O)(=O)N1CCN(C(=O)CN2CCC(c3ccccc3)C2)CC1. The first-order valence-electron chi connectivity index (χ1n) is 10.5. The minimum absolute atomic E-state index is 0.0290. The minimum atomic E-state index is -3.75. The number of hydrogen-bond donors (Lipinski definition) is 0. The van der Waals surface area contributed by atoms with Crippen LogP contribution in [0.1, 0.15) is 23.5 Å². The topological polar surface area (TPSA) is 84.7 Å². The zero-order valence-electron chi connectivity index (χ0n) is 17.4. The molecule has 2 heterocycles. The summed E-state index contributed by atoms with van der Waals surface area (Å²) >= 11 is 0. The number of nitrogens with zero attached hydrogens (tertiary/aromatic N) is 4. The maximum atomic E-state index is 13.0. The van der Waals surface area contributed by atoms with Crippen LogP contribution in [0.5, 0.6) is 0 Å². The van der Waals surface area contributed by atoms with Gasteiger partial charge in [-0.1, -0.05) is 42.5 Å². The van der Waals surface area contributed by atoms with E-state index in [1.54, 1.807) is 17.0 Å². The van der Waals surface area contributed by atoms with Gasteiger partial charge in [0.2, 0.25) is 15.9 Å². The number of amides is 1. The maximum absolute atomic E-state index is 13.0. The lowest BCUT2D eigenvalue weighted by Gasteiger charge is -2.35. The van der Waals surface area contributed by atoms with Crippen molar-refractivity contribution in [3.63, 3.8) is 0 Å². The molecule has 2 aromatic carbocycles. The number of benzene rings is 2. The highest BCUT2D eigenvalue weighted by atomic mass is 32.2. The third kappa shape index (κ3) is 4.64. The predicted molar refractivity (Wildman–Crippen MR) is 117 cm³/mol. The molecule has 0 N–H and O–H groups in total. The highest BCUT2D eigenvalue weighted by molar-refractivity contribution is 7.89. The van der Waals surface area contributed by atoms with Gasteiger partial charge >= 0.3 is 0 Å². The Bertz CT molecular complexity index is 1070. The van der Waals surface area contributed by atoms with Crippen molar-refractivity contribution in [2.75, 3.05) is 45.8 Å². The van der Waals surface area contributed by atoms with E-state index >= 15 is 0 Å². The minimum Gasteiger partial charge on any atom is -0.339 e. The van der Waals surface area contributed by atoms with E-state index in [0.29, 0.717) is 25.6 Å². The third-order valence-electron chi connectivity index (χ3n) is 6.12. The van der Waals surface area contributed by atoms with Crippen LogP contribution in [0.2, 0.25) is 0 Å². The lowest BCUT2D eigenvalue weighted by atomic mass is 9.99. The fraction of sp³-hybridized carbons (Fsp3) is 0.391. The first kappa shape index (κ1) is 21.5. The van der Waals surface area contributed by atoms with E-state index in [4.69, 9.17) is 0 Å². The predicted octanol–water partition coefficient (Wildman–Crippen LogP) is 1.88. The Morgan fingerprint density at radius 2 is 1.65 bits per heavy atom. The van der Waals surface area contributed by atoms with E-state index in [-0.39, 0.29) is 29.5 Å². The molecule has 1 atom stereocenters. The van der Waals surface area contributed by atoms with Gasteiger partial charge in [0.15, 0.2) is 0 Å². The monoisotopic (exact) mass is 438 g/mol. The van der Waals surface area contributed by atoms with Crippen molar-refractivity contribution in [1.82, 2.24) is 14.1 Å². The number of carbonyl (C=O) groups is 1. The molecule has 0 aromatic heterocycles. The van der Waals surface area contributed by atoms with Crippen molar-refractivity contribution in [1.29, 1.82) is 5.26 Å². The molecule has 2 aliphatic rings. The van der Waals surface area contributed by atoms with Gasteiger partial charge in [-0.2, -0.15) is 9.57 Å². The number of likely N-dealkylation sites (tertiary alicyclic amines) is 1. The van der Waals surface area contributed by atoms with Crippen molar-refractivity contribution in [3.05, 3.63) is 65.7 Å². The Balaban J connectivity index is 1.32. The molecule has 162 valence electrons. The lowest BCUT2D eigenvalue weighted by molar-refractivity contribution is -0.133. The second-order valence-electron chi connectivity index (χ2n) is 8.02. The van der Waals surface area contributed by atoms with E-state index in [9.17, 15) is 18.5 Å². The van der Waals surface area contributed by atoms with E-state index in [2.05, 4.69) is 17.0 Å². The summed E-state index contributed by atoms with van der Waals surface area (Å²) in [6.07, 6.45) is 1.04. The van der Waals surface area contributed by atoms with Crippen LogP contribution in [-0.2, 0) is 14.8 Å². The van der Waals surface area contributed by atoms with Gasteiger partial charge in [-0.05, 0) is 36.6 Å². The van der Waals surface area contributed by atoms with Crippen LogP contribution in [0.25, 0.3) is 0 Å². The largest absolute Gasteiger partial charge is 0.339 e. The van der Waals surface area contributed by atoms with E-state index in [0.717, 1.165) is 19.5 Å². The normalized spacial score (nSPS) is 20.5. The number of carbonyl (C=O) groups excluding carboxylic acids is 1. The number of rotatable bonds is 5. The van der Waals surface area contributed by atoms with Crippen molar-refractivity contribution in [2.45, 2.75) is 17.2 Å². The quantitative estimate of drug-likeness (QED) is 0.712. The molecule has 0 aliphatic carbocycles. The molecule has 8 heteroatoms. The van der Waals surface area contributed by atoms with Gasteiger partial charge in [-0.25, -0.2) is 8.42 Å². The Labute approximate surface area is 183 Å². The van der Waals surface area contributed by atoms with Crippen LogP contribution in [0.15, 0.2) is 59.5 Å². The van der Waals surface area contributed by atoms with Crippen LogP contribution < -0.4 is 0 Å². The molecule has 0 bridgehead atoms. The summed E-state index contributed by atoms with van der Waals surface area (Å²) < 4.78 is 27.3. The lowest BCUT2D eigenvalue weighted by Crippen LogP contribution is -2.52. The molecule has 2 fully saturated rings.